The number of carbonyl (C=O) groups excluding carboxylic acids is 1. The van der Waals surface area contributed by atoms with E-state index in [0.29, 0.717) is 6.42 Å². The van der Waals surface area contributed by atoms with Crippen LogP contribution in [0.3, 0.4) is 0 Å². The zero-order valence-electron chi connectivity index (χ0n) is 10.6. The molecule has 0 bridgehead atoms. The normalized spacial score (nSPS) is 10.2. The molecule has 16 heavy (non-hydrogen) atoms. The van der Waals surface area contributed by atoms with Gasteiger partial charge in [0.2, 0.25) is 0 Å². The second-order valence-corrected chi connectivity index (χ2v) is 4.33. The van der Waals surface area contributed by atoms with Crippen molar-refractivity contribution in [3.63, 3.8) is 0 Å². The number of hydrogen-bond donors (Lipinski definition) is 0. The SMILES string of the molecule is COc1c(C)cc(C)cc1CCCC(C)=O. The van der Waals surface area contributed by atoms with Crippen LogP contribution in [0.15, 0.2) is 12.1 Å². The second kappa shape index (κ2) is 5.69. The molecule has 2 heteroatoms. The lowest BCUT2D eigenvalue weighted by molar-refractivity contribution is -0.117. The molecular formula is C14H20O2. The number of rotatable bonds is 5. The molecule has 0 radical (unpaired) electrons. The summed E-state index contributed by atoms with van der Waals surface area (Å²) in [4.78, 5) is 10.9. The first kappa shape index (κ1) is 12.8. The standard InChI is InChI=1S/C14H20O2/c1-10-8-11(2)14(16-4)13(9-10)7-5-6-12(3)15/h8-9H,5-7H2,1-4H3. The van der Waals surface area contributed by atoms with E-state index in [0.717, 1.165) is 18.6 Å². The van der Waals surface area contributed by atoms with E-state index in [9.17, 15) is 4.79 Å². The zero-order chi connectivity index (χ0) is 12.1. The molecule has 0 aliphatic heterocycles. The summed E-state index contributed by atoms with van der Waals surface area (Å²) in [6.45, 7) is 5.78. The molecule has 0 unspecified atom stereocenters. The fourth-order valence-corrected chi connectivity index (χ4v) is 2.05. The maximum atomic E-state index is 10.9. The van der Waals surface area contributed by atoms with Crippen molar-refractivity contribution in [1.29, 1.82) is 0 Å². The number of benzene rings is 1. The molecule has 0 aromatic heterocycles. The average molecular weight is 220 g/mol. The first-order valence-corrected chi connectivity index (χ1v) is 5.68. The van der Waals surface area contributed by atoms with Crippen molar-refractivity contribution in [3.8, 4) is 5.75 Å². The predicted octanol–water partition coefficient (Wildman–Crippen LogP) is 3.22. The molecule has 0 atom stereocenters. The van der Waals surface area contributed by atoms with Crippen molar-refractivity contribution >= 4 is 5.78 Å². The van der Waals surface area contributed by atoms with Gasteiger partial charge in [0, 0.05) is 6.42 Å². The van der Waals surface area contributed by atoms with E-state index in [1.54, 1.807) is 14.0 Å². The Morgan fingerprint density at radius 3 is 2.56 bits per heavy atom. The number of hydrogen-bond acceptors (Lipinski definition) is 2. The minimum absolute atomic E-state index is 0.253. The van der Waals surface area contributed by atoms with Crippen molar-refractivity contribution in [3.05, 3.63) is 28.8 Å². The van der Waals surface area contributed by atoms with Crippen molar-refractivity contribution in [2.45, 2.75) is 40.0 Å². The van der Waals surface area contributed by atoms with E-state index >= 15 is 0 Å². The number of Topliss-reactive ketones (excluding diaryl/α,β-unsaturated/α-hetero) is 1. The summed E-state index contributed by atoms with van der Waals surface area (Å²) in [7, 11) is 1.70. The molecule has 2 nitrogen and oxygen atoms in total. The molecular weight excluding hydrogens is 200 g/mol. The van der Waals surface area contributed by atoms with Gasteiger partial charge in [-0.05, 0) is 44.7 Å². The van der Waals surface area contributed by atoms with Gasteiger partial charge in [0.25, 0.3) is 0 Å². The third kappa shape index (κ3) is 3.37. The van der Waals surface area contributed by atoms with E-state index in [2.05, 4.69) is 26.0 Å². The molecule has 1 aromatic carbocycles. The third-order valence-corrected chi connectivity index (χ3v) is 2.67. The molecule has 0 spiro atoms. The molecule has 0 saturated carbocycles. The molecule has 0 saturated heterocycles. The highest BCUT2D eigenvalue weighted by Crippen LogP contribution is 2.26. The van der Waals surface area contributed by atoms with Crippen molar-refractivity contribution < 1.29 is 9.53 Å². The van der Waals surface area contributed by atoms with Crippen LogP contribution in [0.25, 0.3) is 0 Å². The Labute approximate surface area is 97.6 Å². The summed E-state index contributed by atoms with van der Waals surface area (Å²) in [5.41, 5.74) is 3.62. The van der Waals surface area contributed by atoms with Gasteiger partial charge < -0.3 is 9.53 Å². The lowest BCUT2D eigenvalue weighted by Gasteiger charge is -2.12. The van der Waals surface area contributed by atoms with Gasteiger partial charge in [-0.3, -0.25) is 0 Å². The van der Waals surface area contributed by atoms with Crippen LogP contribution in [-0.4, -0.2) is 12.9 Å². The van der Waals surface area contributed by atoms with Crippen molar-refractivity contribution in [2.75, 3.05) is 7.11 Å². The fourth-order valence-electron chi connectivity index (χ4n) is 2.05. The van der Waals surface area contributed by atoms with Gasteiger partial charge in [-0.25, -0.2) is 0 Å². The van der Waals surface area contributed by atoms with Crippen molar-refractivity contribution in [1.82, 2.24) is 0 Å². The quantitative estimate of drug-likeness (QED) is 0.761. The third-order valence-electron chi connectivity index (χ3n) is 2.67. The van der Waals surface area contributed by atoms with E-state index < -0.39 is 0 Å². The Bertz CT molecular complexity index is 381. The summed E-state index contributed by atoms with van der Waals surface area (Å²) in [6, 6.07) is 4.26. The number of methoxy groups -OCH3 is 1. The molecule has 0 aliphatic carbocycles. The van der Waals surface area contributed by atoms with Crippen LogP contribution in [0, 0.1) is 13.8 Å². The first-order chi connectivity index (χ1) is 7.54. The number of ether oxygens (including phenoxy) is 1. The second-order valence-electron chi connectivity index (χ2n) is 4.33. The first-order valence-electron chi connectivity index (χ1n) is 5.68. The van der Waals surface area contributed by atoms with Gasteiger partial charge in [0.15, 0.2) is 0 Å². The highest BCUT2D eigenvalue weighted by Gasteiger charge is 2.07. The van der Waals surface area contributed by atoms with Gasteiger partial charge in [-0.1, -0.05) is 17.7 Å². The van der Waals surface area contributed by atoms with E-state index in [4.69, 9.17) is 4.74 Å². The molecule has 0 heterocycles. The summed E-state index contributed by atoms with van der Waals surface area (Å²) < 4.78 is 5.40. The van der Waals surface area contributed by atoms with Crippen LogP contribution < -0.4 is 4.74 Å². The number of aryl methyl sites for hydroxylation is 3. The summed E-state index contributed by atoms with van der Waals surface area (Å²) in [6.07, 6.45) is 2.45. The molecule has 0 amide bonds. The maximum absolute atomic E-state index is 10.9. The van der Waals surface area contributed by atoms with Crippen molar-refractivity contribution in [2.24, 2.45) is 0 Å². The van der Waals surface area contributed by atoms with E-state index in [-0.39, 0.29) is 5.78 Å². The largest absolute Gasteiger partial charge is 0.496 e. The smallest absolute Gasteiger partial charge is 0.129 e. The average Bonchev–Trinajstić information content (AvgIpc) is 2.16. The number of carbonyl (C=O) groups is 1. The van der Waals surface area contributed by atoms with Crippen LogP contribution >= 0.6 is 0 Å². The van der Waals surface area contributed by atoms with Crippen LogP contribution in [0.5, 0.6) is 5.75 Å². The maximum Gasteiger partial charge on any atom is 0.129 e. The minimum Gasteiger partial charge on any atom is -0.496 e. The fraction of sp³-hybridized carbons (Fsp3) is 0.500. The zero-order valence-corrected chi connectivity index (χ0v) is 10.6. The van der Waals surface area contributed by atoms with Crippen LogP contribution in [0.4, 0.5) is 0 Å². The predicted molar refractivity (Wildman–Crippen MR) is 66.1 cm³/mol. The topological polar surface area (TPSA) is 26.3 Å². The lowest BCUT2D eigenvalue weighted by atomic mass is 10.0. The summed E-state index contributed by atoms with van der Waals surface area (Å²) in [5, 5.41) is 0. The van der Waals surface area contributed by atoms with Gasteiger partial charge in [0.1, 0.15) is 11.5 Å². The van der Waals surface area contributed by atoms with Crippen LogP contribution in [0.1, 0.15) is 36.5 Å². The Kier molecular flexibility index (Phi) is 4.53. The molecule has 88 valence electrons. The molecule has 1 rings (SSSR count). The minimum atomic E-state index is 0.253. The highest BCUT2D eigenvalue weighted by atomic mass is 16.5. The Morgan fingerprint density at radius 2 is 2.00 bits per heavy atom. The van der Waals surface area contributed by atoms with Gasteiger partial charge in [-0.15, -0.1) is 0 Å². The lowest BCUT2D eigenvalue weighted by Crippen LogP contribution is -1.98. The Hall–Kier alpha value is -1.31. The van der Waals surface area contributed by atoms with E-state index in [1.165, 1.54) is 16.7 Å². The van der Waals surface area contributed by atoms with Gasteiger partial charge >= 0.3 is 0 Å². The van der Waals surface area contributed by atoms with Gasteiger partial charge in [0.05, 0.1) is 7.11 Å². The van der Waals surface area contributed by atoms with Gasteiger partial charge in [-0.2, -0.15) is 0 Å². The highest BCUT2D eigenvalue weighted by molar-refractivity contribution is 5.75. The monoisotopic (exact) mass is 220 g/mol. The Morgan fingerprint density at radius 1 is 1.31 bits per heavy atom. The number of ketones is 1. The molecule has 1 aromatic rings. The summed E-state index contributed by atoms with van der Waals surface area (Å²) in [5.74, 6) is 1.22. The molecule has 0 aliphatic rings. The summed E-state index contributed by atoms with van der Waals surface area (Å²) >= 11 is 0. The van der Waals surface area contributed by atoms with Crippen LogP contribution in [-0.2, 0) is 11.2 Å². The van der Waals surface area contributed by atoms with Crippen LogP contribution in [0.2, 0.25) is 0 Å². The van der Waals surface area contributed by atoms with E-state index in [1.807, 2.05) is 0 Å². The molecule has 0 fully saturated rings. The molecule has 0 N–H and O–H groups in total. The Balaban J connectivity index is 2.81.